The number of hydrogen-bond acceptors (Lipinski definition) is 5. The number of aromatic nitrogens is 3. The average Bonchev–Trinajstić information content (AvgIpc) is 2.82. The fourth-order valence-electron chi connectivity index (χ4n) is 2.37. The number of aliphatic carboxylic acids is 1. The highest BCUT2D eigenvalue weighted by molar-refractivity contribution is 5.92. The monoisotopic (exact) mass is 315 g/mol. The molecule has 2 rings (SSSR count). The van der Waals surface area contributed by atoms with Gasteiger partial charge in [0, 0.05) is 30.7 Å². The van der Waals surface area contributed by atoms with Crippen molar-refractivity contribution >= 4 is 17.6 Å². The Labute approximate surface area is 134 Å². The molecule has 1 heterocycles. The normalized spacial score (nSPS) is 11.3. The van der Waals surface area contributed by atoms with Crippen molar-refractivity contribution in [2.45, 2.75) is 26.7 Å². The van der Waals surface area contributed by atoms with Gasteiger partial charge in [0.25, 0.3) is 0 Å². The number of nitrogens with zero attached hydrogens (tertiary/aromatic N) is 3. The van der Waals surface area contributed by atoms with E-state index in [1.165, 1.54) is 0 Å². The molecule has 7 heteroatoms. The fourth-order valence-corrected chi connectivity index (χ4v) is 2.37. The van der Waals surface area contributed by atoms with Crippen molar-refractivity contribution in [1.29, 1.82) is 0 Å². The van der Waals surface area contributed by atoms with Crippen LogP contribution in [-0.4, -0.2) is 26.6 Å². The lowest BCUT2D eigenvalue weighted by Gasteiger charge is -2.24. The van der Waals surface area contributed by atoms with Gasteiger partial charge in [-0.15, -0.1) is 10.2 Å². The summed E-state index contributed by atoms with van der Waals surface area (Å²) in [6.07, 6.45) is 1.53. The lowest BCUT2D eigenvalue weighted by atomic mass is 9.85. The summed E-state index contributed by atoms with van der Waals surface area (Å²) in [6, 6.07) is 7.25. The van der Waals surface area contributed by atoms with E-state index in [1.807, 2.05) is 19.2 Å². The van der Waals surface area contributed by atoms with Gasteiger partial charge in [-0.25, -0.2) is 0 Å². The van der Waals surface area contributed by atoms with Crippen LogP contribution in [0.3, 0.4) is 0 Å². The Hall–Kier alpha value is -2.70. The van der Waals surface area contributed by atoms with E-state index in [9.17, 15) is 14.7 Å². The smallest absolute Gasteiger partial charge is 0.224 e. The molecule has 0 aliphatic heterocycles. The Morgan fingerprint density at radius 1 is 1.30 bits per heavy atom. The zero-order valence-corrected chi connectivity index (χ0v) is 13.4. The summed E-state index contributed by atoms with van der Waals surface area (Å²) >= 11 is 0. The van der Waals surface area contributed by atoms with Gasteiger partial charge in [0.2, 0.25) is 5.91 Å². The topological polar surface area (TPSA) is 99.9 Å². The second-order valence-electron chi connectivity index (χ2n) is 6.28. The third kappa shape index (κ3) is 4.64. The predicted octanol–water partition coefficient (Wildman–Crippen LogP) is 0.977. The minimum atomic E-state index is -1.16. The maximum Gasteiger partial charge on any atom is 0.224 e. The molecule has 0 bridgehead atoms. The minimum absolute atomic E-state index is 0.0924. The third-order valence-electron chi connectivity index (χ3n) is 3.38. The summed E-state index contributed by atoms with van der Waals surface area (Å²) in [5, 5.41) is 21.3. The molecular formula is C16H19N4O3-. The van der Waals surface area contributed by atoms with Gasteiger partial charge in [0.1, 0.15) is 6.33 Å². The summed E-state index contributed by atoms with van der Waals surface area (Å²) in [4.78, 5) is 22.8. The van der Waals surface area contributed by atoms with Crippen LogP contribution in [0.5, 0.6) is 0 Å². The van der Waals surface area contributed by atoms with Gasteiger partial charge >= 0.3 is 0 Å². The number of anilines is 1. The molecular weight excluding hydrogens is 296 g/mol. The van der Waals surface area contributed by atoms with Crippen LogP contribution in [0.4, 0.5) is 5.69 Å². The summed E-state index contributed by atoms with van der Waals surface area (Å²) in [5.74, 6) is -0.711. The summed E-state index contributed by atoms with van der Waals surface area (Å²) in [7, 11) is 1.84. The van der Waals surface area contributed by atoms with Crippen LogP contribution in [0.25, 0.3) is 11.4 Å². The molecule has 0 radical (unpaired) electrons. The van der Waals surface area contributed by atoms with Crippen LogP contribution in [0.2, 0.25) is 0 Å². The number of nitrogens with one attached hydrogen (secondary N) is 1. The van der Waals surface area contributed by atoms with Crippen molar-refractivity contribution < 1.29 is 14.7 Å². The highest BCUT2D eigenvalue weighted by atomic mass is 16.4. The number of aryl methyl sites for hydroxylation is 1. The molecule has 1 aromatic carbocycles. The van der Waals surface area contributed by atoms with Gasteiger partial charge in [-0.05, 0) is 24.0 Å². The van der Waals surface area contributed by atoms with Crippen molar-refractivity contribution in [3.05, 3.63) is 30.6 Å². The SMILES string of the molecule is Cn1cnnc1-c1cccc(NC(=O)CC(C)(C)CC(=O)[O-])c1. The molecule has 0 fully saturated rings. The zero-order chi connectivity index (χ0) is 17.0. The van der Waals surface area contributed by atoms with E-state index in [-0.39, 0.29) is 18.7 Å². The first kappa shape index (κ1) is 16.7. The van der Waals surface area contributed by atoms with E-state index in [0.717, 1.165) is 5.56 Å². The van der Waals surface area contributed by atoms with Crippen LogP contribution in [0, 0.1) is 5.41 Å². The Bertz CT molecular complexity index is 722. The average molecular weight is 315 g/mol. The van der Waals surface area contributed by atoms with E-state index >= 15 is 0 Å². The Balaban J connectivity index is 2.07. The number of carbonyl (C=O) groups is 2. The van der Waals surface area contributed by atoms with Crippen molar-refractivity contribution in [3.63, 3.8) is 0 Å². The van der Waals surface area contributed by atoms with Crippen molar-refractivity contribution in [2.75, 3.05) is 5.32 Å². The molecule has 0 saturated heterocycles. The molecule has 0 unspecified atom stereocenters. The summed E-state index contributed by atoms with van der Waals surface area (Å²) < 4.78 is 1.78. The van der Waals surface area contributed by atoms with Gasteiger partial charge in [-0.3, -0.25) is 4.79 Å². The molecule has 0 saturated carbocycles. The molecule has 0 aliphatic rings. The number of carbonyl (C=O) groups excluding carboxylic acids is 2. The number of amides is 1. The zero-order valence-electron chi connectivity index (χ0n) is 13.4. The lowest BCUT2D eigenvalue weighted by molar-refractivity contribution is -0.307. The van der Waals surface area contributed by atoms with Crippen molar-refractivity contribution in [2.24, 2.45) is 12.5 Å². The van der Waals surface area contributed by atoms with Crippen LogP contribution < -0.4 is 10.4 Å². The summed E-state index contributed by atoms with van der Waals surface area (Å²) in [5.41, 5.74) is 0.793. The molecule has 0 aliphatic carbocycles. The molecule has 0 atom stereocenters. The molecule has 23 heavy (non-hydrogen) atoms. The predicted molar refractivity (Wildman–Crippen MR) is 83.1 cm³/mol. The van der Waals surface area contributed by atoms with Gasteiger partial charge in [0.05, 0.1) is 0 Å². The lowest BCUT2D eigenvalue weighted by Crippen LogP contribution is -2.31. The molecule has 7 nitrogen and oxygen atoms in total. The number of benzene rings is 1. The molecule has 1 aromatic heterocycles. The first-order valence-electron chi connectivity index (χ1n) is 7.21. The third-order valence-corrected chi connectivity index (χ3v) is 3.38. The Morgan fingerprint density at radius 3 is 2.65 bits per heavy atom. The van der Waals surface area contributed by atoms with Crippen molar-refractivity contribution in [3.8, 4) is 11.4 Å². The van der Waals surface area contributed by atoms with E-state index in [2.05, 4.69) is 15.5 Å². The van der Waals surface area contributed by atoms with Crippen LogP contribution in [-0.2, 0) is 16.6 Å². The molecule has 1 amide bonds. The van der Waals surface area contributed by atoms with E-state index in [0.29, 0.717) is 11.5 Å². The molecule has 122 valence electrons. The largest absolute Gasteiger partial charge is 0.550 e. The first-order chi connectivity index (χ1) is 10.8. The van der Waals surface area contributed by atoms with Crippen LogP contribution >= 0.6 is 0 Å². The van der Waals surface area contributed by atoms with Gasteiger partial charge in [-0.2, -0.15) is 0 Å². The standard InChI is InChI=1S/C16H20N4O3/c1-16(2,9-14(22)23)8-13(21)18-12-6-4-5-11(7-12)15-19-17-10-20(15)3/h4-7,10H,8-9H2,1-3H3,(H,18,21)(H,22,23)/p-1. The first-order valence-corrected chi connectivity index (χ1v) is 7.21. The Kier molecular flexibility index (Phi) is 4.78. The number of hydrogen-bond donors (Lipinski definition) is 1. The minimum Gasteiger partial charge on any atom is -0.550 e. The van der Waals surface area contributed by atoms with Crippen LogP contribution in [0.15, 0.2) is 30.6 Å². The highest BCUT2D eigenvalue weighted by Crippen LogP contribution is 2.26. The van der Waals surface area contributed by atoms with Gasteiger partial charge in [-0.1, -0.05) is 26.0 Å². The second-order valence-corrected chi connectivity index (χ2v) is 6.28. The van der Waals surface area contributed by atoms with Gasteiger partial charge in [0.15, 0.2) is 5.82 Å². The van der Waals surface area contributed by atoms with Crippen LogP contribution in [0.1, 0.15) is 26.7 Å². The molecule has 0 spiro atoms. The quantitative estimate of drug-likeness (QED) is 0.856. The fraction of sp³-hybridized carbons (Fsp3) is 0.375. The van der Waals surface area contributed by atoms with E-state index in [1.54, 1.807) is 36.9 Å². The summed E-state index contributed by atoms with van der Waals surface area (Å²) in [6.45, 7) is 3.44. The molecule has 1 N–H and O–H groups in total. The second kappa shape index (κ2) is 6.60. The number of rotatable bonds is 6. The number of carboxylic acids is 1. The maximum absolute atomic E-state index is 12.1. The number of carboxylic acid groups (broad SMARTS) is 1. The van der Waals surface area contributed by atoms with E-state index in [4.69, 9.17) is 0 Å². The Morgan fingerprint density at radius 2 is 2.04 bits per heavy atom. The van der Waals surface area contributed by atoms with E-state index < -0.39 is 11.4 Å². The highest BCUT2D eigenvalue weighted by Gasteiger charge is 2.22. The van der Waals surface area contributed by atoms with Crippen molar-refractivity contribution in [1.82, 2.24) is 14.8 Å². The molecule has 2 aromatic rings. The maximum atomic E-state index is 12.1. The van der Waals surface area contributed by atoms with Gasteiger partial charge < -0.3 is 19.8 Å².